The highest BCUT2D eigenvalue weighted by molar-refractivity contribution is 5.98. The summed E-state index contributed by atoms with van der Waals surface area (Å²) in [4.78, 5) is 24.7. The summed E-state index contributed by atoms with van der Waals surface area (Å²) < 4.78 is 12.8. The molecule has 1 heterocycles. The molecule has 0 bridgehead atoms. The van der Waals surface area contributed by atoms with Gasteiger partial charge in [-0.2, -0.15) is 0 Å². The highest BCUT2D eigenvalue weighted by atomic mass is 16.8. The van der Waals surface area contributed by atoms with Crippen molar-refractivity contribution in [3.05, 3.63) is 11.6 Å². The molecule has 5 aliphatic rings. The number of ether oxygens (including phenoxy) is 2. The van der Waals surface area contributed by atoms with Crippen LogP contribution in [0.2, 0.25) is 0 Å². The first-order valence-electron chi connectivity index (χ1n) is 11.8. The van der Waals surface area contributed by atoms with Crippen LogP contribution in [0.1, 0.15) is 79.1 Å². The third-order valence-corrected chi connectivity index (χ3v) is 9.75. The summed E-state index contributed by atoms with van der Waals surface area (Å²) in [6.45, 7) is 8.40. The Morgan fingerprint density at radius 3 is 2.70 bits per heavy atom. The van der Waals surface area contributed by atoms with Crippen molar-refractivity contribution < 1.29 is 24.2 Å². The Morgan fingerprint density at radius 1 is 1.20 bits per heavy atom. The molecule has 166 valence electrons. The SMILES string of the molecule is CC1(C)OC2CC3C4CC=C5CC(O)CCC5(C)C4CCC3(C)C2(C(=O)CC=O)O1. The molecule has 5 nitrogen and oxygen atoms in total. The van der Waals surface area contributed by atoms with Gasteiger partial charge in [0, 0.05) is 5.41 Å². The Kier molecular flexibility index (Phi) is 4.51. The number of carbonyl (C=O) groups excluding carboxylic acids is 2. The van der Waals surface area contributed by atoms with Crippen molar-refractivity contribution in [3.63, 3.8) is 0 Å². The number of allylic oxidation sites excluding steroid dienone is 1. The Bertz CT molecular complexity index is 801. The quantitative estimate of drug-likeness (QED) is 0.428. The molecule has 8 unspecified atom stereocenters. The zero-order valence-corrected chi connectivity index (χ0v) is 18.8. The van der Waals surface area contributed by atoms with Crippen LogP contribution in [0.3, 0.4) is 0 Å². The average Bonchev–Trinajstić information content (AvgIpc) is 3.08. The van der Waals surface area contributed by atoms with Gasteiger partial charge in [0.05, 0.1) is 18.6 Å². The lowest BCUT2D eigenvalue weighted by Crippen LogP contribution is -2.60. The zero-order chi connectivity index (χ0) is 21.5. The maximum Gasteiger partial charge on any atom is 0.175 e. The second-order valence-electron chi connectivity index (χ2n) is 11.5. The van der Waals surface area contributed by atoms with Gasteiger partial charge in [-0.3, -0.25) is 4.79 Å². The fraction of sp³-hybridized carbons (Fsp3) is 0.840. The van der Waals surface area contributed by atoms with Gasteiger partial charge in [-0.05, 0) is 82.0 Å². The van der Waals surface area contributed by atoms with Crippen LogP contribution in [-0.2, 0) is 19.1 Å². The second kappa shape index (κ2) is 6.49. The molecule has 0 aromatic rings. The summed E-state index contributed by atoms with van der Waals surface area (Å²) in [5, 5.41) is 10.2. The molecular weight excluding hydrogens is 380 g/mol. The molecule has 0 spiro atoms. The molecule has 4 fully saturated rings. The molecule has 0 amide bonds. The molecule has 3 saturated carbocycles. The van der Waals surface area contributed by atoms with E-state index in [1.807, 2.05) is 13.8 Å². The molecule has 4 aliphatic carbocycles. The normalized spacial score (nSPS) is 51.2. The number of ketones is 1. The van der Waals surface area contributed by atoms with Crippen LogP contribution in [0, 0.1) is 28.6 Å². The molecule has 0 aromatic carbocycles. The minimum Gasteiger partial charge on any atom is -0.393 e. The molecule has 5 rings (SSSR count). The van der Waals surface area contributed by atoms with Crippen molar-refractivity contribution >= 4 is 12.1 Å². The van der Waals surface area contributed by atoms with Crippen molar-refractivity contribution in [3.8, 4) is 0 Å². The fourth-order valence-corrected chi connectivity index (χ4v) is 8.47. The number of hydrogen-bond donors (Lipinski definition) is 1. The number of aldehydes is 1. The van der Waals surface area contributed by atoms with E-state index in [0.29, 0.717) is 17.8 Å². The Balaban J connectivity index is 1.54. The standard InChI is InChI=1S/C25H36O5/c1-22(2)29-21-14-19-17-6-5-15-13-16(27)7-10-23(15,3)18(17)8-11-24(19,4)25(21,30-22)20(28)9-12-26/h5,12,16-19,21,27H,6-11,13-14H2,1-4H3. The number of fused-ring (bicyclic) bond motifs is 7. The summed E-state index contributed by atoms with van der Waals surface area (Å²) in [7, 11) is 0. The summed E-state index contributed by atoms with van der Waals surface area (Å²) >= 11 is 0. The van der Waals surface area contributed by atoms with Crippen molar-refractivity contribution in [2.75, 3.05) is 0 Å². The van der Waals surface area contributed by atoms with E-state index in [9.17, 15) is 14.7 Å². The molecule has 1 aliphatic heterocycles. The lowest BCUT2D eigenvalue weighted by Gasteiger charge is -2.59. The van der Waals surface area contributed by atoms with Crippen molar-refractivity contribution in [1.82, 2.24) is 0 Å². The van der Waals surface area contributed by atoms with Gasteiger partial charge in [0.15, 0.2) is 17.2 Å². The number of Topliss-reactive ketones (excluding diaryl/α,β-unsaturated/α-hetero) is 1. The first kappa shape index (κ1) is 20.8. The minimum atomic E-state index is -1.01. The first-order valence-corrected chi connectivity index (χ1v) is 11.8. The van der Waals surface area contributed by atoms with Crippen molar-refractivity contribution in [1.29, 1.82) is 0 Å². The molecule has 5 heteroatoms. The molecular formula is C25H36O5. The minimum absolute atomic E-state index is 0.101. The van der Waals surface area contributed by atoms with E-state index in [-0.39, 0.29) is 35.2 Å². The van der Waals surface area contributed by atoms with E-state index in [1.54, 1.807) is 0 Å². The lowest BCUT2D eigenvalue weighted by atomic mass is 9.46. The molecule has 1 saturated heterocycles. The van der Waals surface area contributed by atoms with Gasteiger partial charge in [0.2, 0.25) is 0 Å². The summed E-state index contributed by atoms with van der Waals surface area (Å²) in [5.41, 5.74) is 0.274. The van der Waals surface area contributed by atoms with E-state index in [4.69, 9.17) is 9.47 Å². The van der Waals surface area contributed by atoms with Gasteiger partial charge in [-0.15, -0.1) is 0 Å². The van der Waals surface area contributed by atoms with E-state index in [0.717, 1.165) is 51.2 Å². The van der Waals surface area contributed by atoms with Crippen molar-refractivity contribution in [2.45, 2.75) is 103 Å². The van der Waals surface area contributed by atoms with Crippen molar-refractivity contribution in [2.24, 2.45) is 28.6 Å². The van der Waals surface area contributed by atoms with Gasteiger partial charge in [0.1, 0.15) is 6.29 Å². The number of rotatable bonds is 3. The largest absolute Gasteiger partial charge is 0.393 e. The van der Waals surface area contributed by atoms with E-state index >= 15 is 0 Å². The van der Waals surface area contributed by atoms with E-state index in [2.05, 4.69) is 19.9 Å². The van der Waals surface area contributed by atoms with Crippen LogP contribution in [0.25, 0.3) is 0 Å². The summed E-state index contributed by atoms with van der Waals surface area (Å²) in [6, 6.07) is 0. The van der Waals surface area contributed by atoms with Crippen LogP contribution in [0.5, 0.6) is 0 Å². The van der Waals surface area contributed by atoms with Crippen LogP contribution in [0.4, 0.5) is 0 Å². The van der Waals surface area contributed by atoms with Gasteiger partial charge in [0.25, 0.3) is 0 Å². The first-order chi connectivity index (χ1) is 14.1. The van der Waals surface area contributed by atoms with Crippen LogP contribution in [0.15, 0.2) is 11.6 Å². The number of hydrogen-bond acceptors (Lipinski definition) is 5. The van der Waals surface area contributed by atoms with E-state index in [1.165, 1.54) is 5.57 Å². The maximum absolute atomic E-state index is 13.4. The Labute approximate surface area is 179 Å². The summed E-state index contributed by atoms with van der Waals surface area (Å²) in [6.07, 6.45) is 9.09. The molecule has 1 N–H and O–H groups in total. The van der Waals surface area contributed by atoms with Gasteiger partial charge in [-0.1, -0.05) is 25.5 Å². The van der Waals surface area contributed by atoms with Gasteiger partial charge in [-0.25, -0.2) is 0 Å². The van der Waals surface area contributed by atoms with E-state index < -0.39 is 11.4 Å². The second-order valence-corrected chi connectivity index (χ2v) is 11.5. The van der Waals surface area contributed by atoms with Crippen LogP contribution in [-0.4, -0.2) is 40.8 Å². The monoisotopic (exact) mass is 416 g/mol. The number of aliphatic hydroxyl groups is 1. The molecule has 8 atom stereocenters. The summed E-state index contributed by atoms with van der Waals surface area (Å²) in [5.74, 6) is 0.506. The Hall–Kier alpha value is -1.04. The topological polar surface area (TPSA) is 72.8 Å². The predicted octanol–water partition coefficient (Wildman–Crippen LogP) is 3.97. The third kappa shape index (κ3) is 2.52. The number of carbonyl (C=O) groups is 2. The molecule has 0 aromatic heterocycles. The number of aliphatic hydroxyl groups excluding tert-OH is 1. The lowest BCUT2D eigenvalue weighted by molar-refractivity contribution is -0.214. The smallest absolute Gasteiger partial charge is 0.175 e. The predicted molar refractivity (Wildman–Crippen MR) is 112 cm³/mol. The van der Waals surface area contributed by atoms with Gasteiger partial charge < -0.3 is 19.4 Å². The maximum atomic E-state index is 13.4. The van der Waals surface area contributed by atoms with Crippen LogP contribution < -0.4 is 0 Å². The molecule has 0 radical (unpaired) electrons. The third-order valence-electron chi connectivity index (χ3n) is 9.75. The highest BCUT2D eigenvalue weighted by Crippen LogP contribution is 2.70. The average molecular weight is 417 g/mol. The fourth-order valence-electron chi connectivity index (χ4n) is 8.47. The molecule has 30 heavy (non-hydrogen) atoms. The zero-order valence-electron chi connectivity index (χ0n) is 18.8. The highest BCUT2D eigenvalue weighted by Gasteiger charge is 2.75. The Morgan fingerprint density at radius 2 is 1.97 bits per heavy atom. The van der Waals surface area contributed by atoms with Crippen LogP contribution >= 0.6 is 0 Å². The van der Waals surface area contributed by atoms with Gasteiger partial charge >= 0.3 is 0 Å².